The molecule has 0 saturated carbocycles. The highest BCUT2D eigenvalue weighted by molar-refractivity contribution is 7.89. The second-order valence-corrected chi connectivity index (χ2v) is 10.1. The number of aliphatic hydroxyl groups is 1. The summed E-state index contributed by atoms with van der Waals surface area (Å²) < 4.78 is 33.2. The third kappa shape index (κ3) is 3.92. The van der Waals surface area contributed by atoms with Gasteiger partial charge in [-0.1, -0.05) is 36.4 Å². The number of hydrogen-bond acceptors (Lipinski definition) is 5. The van der Waals surface area contributed by atoms with E-state index >= 15 is 0 Å². The molecule has 0 spiro atoms. The van der Waals surface area contributed by atoms with Crippen LogP contribution >= 0.6 is 0 Å². The van der Waals surface area contributed by atoms with Crippen molar-refractivity contribution in [2.24, 2.45) is 11.3 Å². The number of methoxy groups -OCH3 is 1. The Labute approximate surface area is 172 Å². The monoisotopic (exact) mass is 416 g/mol. The van der Waals surface area contributed by atoms with Crippen molar-refractivity contribution in [1.82, 2.24) is 9.21 Å². The molecule has 2 aromatic carbocycles. The molecule has 0 bridgehead atoms. The number of benzene rings is 2. The third-order valence-electron chi connectivity index (χ3n) is 6.41. The summed E-state index contributed by atoms with van der Waals surface area (Å²) in [6, 6.07) is 16.9. The lowest BCUT2D eigenvalue weighted by molar-refractivity contribution is 0.0436. The van der Waals surface area contributed by atoms with Crippen LogP contribution in [0.15, 0.2) is 59.5 Å². The molecule has 29 heavy (non-hydrogen) atoms. The predicted octanol–water partition coefficient (Wildman–Crippen LogP) is 2.20. The first kappa shape index (κ1) is 20.3. The number of sulfonamides is 1. The van der Waals surface area contributed by atoms with E-state index in [4.69, 9.17) is 4.74 Å². The molecule has 0 amide bonds. The van der Waals surface area contributed by atoms with Crippen molar-refractivity contribution in [2.75, 3.05) is 39.9 Å². The minimum absolute atomic E-state index is 0.0933. The molecule has 0 aromatic heterocycles. The molecule has 2 atom stereocenters. The maximum absolute atomic E-state index is 13.2. The Hall–Kier alpha value is -1.93. The number of hydrogen-bond donors (Lipinski definition) is 1. The highest BCUT2D eigenvalue weighted by Gasteiger charge is 2.50. The van der Waals surface area contributed by atoms with Crippen LogP contribution in [-0.2, 0) is 16.6 Å². The van der Waals surface area contributed by atoms with E-state index in [1.165, 1.54) is 12.7 Å². The number of nitrogens with zero attached hydrogens (tertiary/aromatic N) is 2. The summed E-state index contributed by atoms with van der Waals surface area (Å²) in [5, 5.41) is 10.2. The number of rotatable bonds is 6. The Morgan fingerprint density at radius 3 is 2.66 bits per heavy atom. The third-order valence-corrected chi connectivity index (χ3v) is 8.27. The van der Waals surface area contributed by atoms with Gasteiger partial charge in [-0.15, -0.1) is 0 Å². The number of piperidine rings is 1. The molecule has 2 heterocycles. The van der Waals surface area contributed by atoms with Gasteiger partial charge in [-0.3, -0.25) is 4.90 Å². The minimum Gasteiger partial charge on any atom is -0.497 e. The van der Waals surface area contributed by atoms with E-state index in [1.54, 1.807) is 28.6 Å². The Balaban J connectivity index is 1.52. The zero-order valence-corrected chi connectivity index (χ0v) is 17.5. The van der Waals surface area contributed by atoms with Gasteiger partial charge < -0.3 is 9.84 Å². The van der Waals surface area contributed by atoms with Gasteiger partial charge in [0.25, 0.3) is 0 Å². The van der Waals surface area contributed by atoms with Crippen molar-refractivity contribution in [1.29, 1.82) is 0 Å². The smallest absolute Gasteiger partial charge is 0.243 e. The van der Waals surface area contributed by atoms with E-state index in [9.17, 15) is 13.5 Å². The van der Waals surface area contributed by atoms with Crippen LogP contribution in [-0.4, -0.2) is 62.6 Å². The zero-order valence-electron chi connectivity index (χ0n) is 16.7. The molecule has 1 N–H and O–H groups in total. The number of aliphatic hydroxyl groups excluding tert-OH is 1. The largest absolute Gasteiger partial charge is 0.497 e. The van der Waals surface area contributed by atoms with Crippen LogP contribution in [0.4, 0.5) is 0 Å². The maximum Gasteiger partial charge on any atom is 0.243 e. The molecular formula is C22H28N2O4S. The van der Waals surface area contributed by atoms with E-state index in [2.05, 4.69) is 17.0 Å². The molecule has 2 aliphatic heterocycles. The van der Waals surface area contributed by atoms with Gasteiger partial charge in [0.15, 0.2) is 0 Å². The van der Waals surface area contributed by atoms with Crippen molar-refractivity contribution in [3.05, 3.63) is 60.2 Å². The van der Waals surface area contributed by atoms with Gasteiger partial charge in [-0.05, 0) is 30.0 Å². The first-order valence-corrected chi connectivity index (χ1v) is 11.4. The molecule has 2 aromatic rings. The van der Waals surface area contributed by atoms with E-state index in [0.717, 1.165) is 19.6 Å². The Morgan fingerprint density at radius 2 is 1.93 bits per heavy atom. The lowest BCUT2D eigenvalue weighted by atomic mass is 9.74. The highest BCUT2D eigenvalue weighted by atomic mass is 32.2. The van der Waals surface area contributed by atoms with Gasteiger partial charge in [-0.2, -0.15) is 4.31 Å². The zero-order chi connectivity index (χ0) is 20.5. The second kappa shape index (κ2) is 8.07. The van der Waals surface area contributed by atoms with Crippen LogP contribution in [0.3, 0.4) is 0 Å². The van der Waals surface area contributed by atoms with Crippen molar-refractivity contribution in [2.45, 2.75) is 17.9 Å². The second-order valence-electron chi connectivity index (χ2n) is 8.16. The molecule has 6 nitrogen and oxygen atoms in total. The van der Waals surface area contributed by atoms with Crippen LogP contribution in [0.1, 0.15) is 12.0 Å². The standard InChI is InChI=1S/C22H28N2O4S/c1-28-20-8-5-9-21(12-20)29(26,27)24-11-10-22(17-25)16-23(14-19(22)15-24)13-18-6-3-2-4-7-18/h2-9,12,19,25H,10-11,13-17H2,1H3. The lowest BCUT2D eigenvalue weighted by Gasteiger charge is -2.41. The summed E-state index contributed by atoms with van der Waals surface area (Å²) in [5.41, 5.74) is 1.01. The van der Waals surface area contributed by atoms with Gasteiger partial charge in [0.1, 0.15) is 5.75 Å². The molecule has 2 unspecified atom stereocenters. The van der Waals surface area contributed by atoms with Crippen LogP contribution in [0.5, 0.6) is 5.75 Å². The average molecular weight is 417 g/mol. The number of fused-ring (bicyclic) bond motifs is 1. The first-order valence-electron chi connectivity index (χ1n) is 9.98. The molecule has 2 aliphatic rings. The van der Waals surface area contributed by atoms with Crippen molar-refractivity contribution in [3.8, 4) is 5.75 Å². The van der Waals surface area contributed by atoms with Gasteiger partial charge in [0.05, 0.1) is 18.6 Å². The normalized spacial score (nSPS) is 25.7. The Kier molecular flexibility index (Phi) is 5.66. The summed E-state index contributed by atoms with van der Waals surface area (Å²) in [5.74, 6) is 0.646. The van der Waals surface area contributed by atoms with E-state index in [0.29, 0.717) is 25.3 Å². The van der Waals surface area contributed by atoms with E-state index in [1.807, 2.05) is 18.2 Å². The summed E-state index contributed by atoms with van der Waals surface area (Å²) in [6.45, 7) is 3.37. The summed E-state index contributed by atoms with van der Waals surface area (Å²) >= 11 is 0. The fraction of sp³-hybridized carbons (Fsp3) is 0.455. The van der Waals surface area contributed by atoms with Crippen molar-refractivity contribution in [3.63, 3.8) is 0 Å². The highest BCUT2D eigenvalue weighted by Crippen LogP contribution is 2.44. The Bertz CT molecular complexity index is 950. The molecular weight excluding hydrogens is 388 g/mol. The van der Waals surface area contributed by atoms with Gasteiger partial charge in [0.2, 0.25) is 10.0 Å². The Morgan fingerprint density at radius 1 is 1.14 bits per heavy atom. The van der Waals surface area contributed by atoms with Gasteiger partial charge in [0, 0.05) is 44.2 Å². The molecule has 0 radical (unpaired) electrons. The fourth-order valence-electron chi connectivity index (χ4n) is 4.71. The van der Waals surface area contributed by atoms with Gasteiger partial charge >= 0.3 is 0 Å². The molecule has 156 valence electrons. The molecule has 4 rings (SSSR count). The minimum atomic E-state index is -3.59. The first-order chi connectivity index (χ1) is 14.0. The molecule has 2 fully saturated rings. The molecule has 2 saturated heterocycles. The van der Waals surface area contributed by atoms with Crippen molar-refractivity contribution < 1.29 is 18.3 Å². The SMILES string of the molecule is COc1cccc(S(=O)(=O)N2CCC3(CO)CN(Cc4ccccc4)CC3C2)c1. The van der Waals surface area contributed by atoms with Crippen LogP contribution in [0.25, 0.3) is 0 Å². The van der Waals surface area contributed by atoms with Crippen LogP contribution < -0.4 is 4.74 Å². The lowest BCUT2D eigenvalue weighted by Crippen LogP contribution is -2.50. The van der Waals surface area contributed by atoms with Crippen LogP contribution in [0.2, 0.25) is 0 Å². The molecule has 0 aliphatic carbocycles. The topological polar surface area (TPSA) is 70.1 Å². The number of likely N-dealkylation sites (tertiary alicyclic amines) is 1. The number of ether oxygens (including phenoxy) is 1. The maximum atomic E-state index is 13.2. The quantitative estimate of drug-likeness (QED) is 0.782. The summed E-state index contributed by atoms with van der Waals surface area (Å²) in [6.07, 6.45) is 0.669. The van der Waals surface area contributed by atoms with E-state index < -0.39 is 10.0 Å². The summed E-state index contributed by atoms with van der Waals surface area (Å²) in [4.78, 5) is 2.60. The van der Waals surface area contributed by atoms with Crippen LogP contribution in [0, 0.1) is 11.3 Å². The summed E-state index contributed by atoms with van der Waals surface area (Å²) in [7, 11) is -2.06. The van der Waals surface area contributed by atoms with E-state index in [-0.39, 0.29) is 22.8 Å². The fourth-order valence-corrected chi connectivity index (χ4v) is 6.23. The van der Waals surface area contributed by atoms with Crippen molar-refractivity contribution >= 4 is 10.0 Å². The molecule has 7 heteroatoms. The average Bonchev–Trinajstić information content (AvgIpc) is 3.12. The predicted molar refractivity (Wildman–Crippen MR) is 111 cm³/mol. The van der Waals surface area contributed by atoms with Gasteiger partial charge in [-0.25, -0.2) is 8.42 Å².